The zero-order chi connectivity index (χ0) is 24.1. The molecule has 34 heavy (non-hydrogen) atoms. The van der Waals surface area contributed by atoms with Crippen LogP contribution in [0.25, 0.3) is 11.5 Å². The van der Waals surface area contributed by atoms with Gasteiger partial charge in [0, 0.05) is 24.2 Å². The molecule has 1 aromatic heterocycles. The van der Waals surface area contributed by atoms with Crippen molar-refractivity contribution in [3.8, 4) is 11.5 Å². The van der Waals surface area contributed by atoms with E-state index < -0.39 is 15.9 Å². The third-order valence-corrected chi connectivity index (χ3v) is 7.85. The molecule has 0 saturated carbocycles. The summed E-state index contributed by atoms with van der Waals surface area (Å²) in [5.74, 6) is -0.111. The van der Waals surface area contributed by atoms with Crippen LogP contribution in [0.2, 0.25) is 0 Å². The lowest BCUT2D eigenvalue weighted by molar-refractivity contribution is 0.102. The van der Waals surface area contributed by atoms with Gasteiger partial charge in [-0.15, -0.1) is 5.10 Å². The lowest BCUT2D eigenvalue weighted by Gasteiger charge is -2.21. The van der Waals surface area contributed by atoms with Crippen LogP contribution in [-0.2, 0) is 22.9 Å². The predicted molar refractivity (Wildman–Crippen MR) is 130 cm³/mol. The summed E-state index contributed by atoms with van der Waals surface area (Å²) < 4.78 is 32.9. The van der Waals surface area contributed by atoms with Crippen molar-refractivity contribution in [2.75, 3.05) is 18.4 Å². The molecule has 0 fully saturated rings. The summed E-state index contributed by atoms with van der Waals surface area (Å²) in [6.45, 7) is 4.81. The van der Waals surface area contributed by atoms with E-state index >= 15 is 0 Å². The third kappa shape index (κ3) is 5.20. The van der Waals surface area contributed by atoms with Gasteiger partial charge in [-0.2, -0.15) is 4.31 Å². The van der Waals surface area contributed by atoms with Crippen molar-refractivity contribution in [2.45, 2.75) is 57.3 Å². The molecule has 2 aromatic carbocycles. The molecule has 180 valence electrons. The number of anilines is 1. The van der Waals surface area contributed by atoms with Crippen molar-refractivity contribution in [3.05, 3.63) is 59.2 Å². The highest BCUT2D eigenvalue weighted by molar-refractivity contribution is 7.89. The first kappa shape index (κ1) is 24.1. The van der Waals surface area contributed by atoms with E-state index in [9.17, 15) is 13.2 Å². The topological polar surface area (TPSA) is 105 Å². The molecule has 0 bridgehead atoms. The molecular formula is C25H30N4O4S. The Morgan fingerprint density at radius 1 is 0.971 bits per heavy atom. The fourth-order valence-electron chi connectivity index (χ4n) is 4.20. The van der Waals surface area contributed by atoms with E-state index in [0.717, 1.165) is 31.2 Å². The fraction of sp³-hybridized carbons (Fsp3) is 0.400. The monoisotopic (exact) mass is 482 g/mol. The number of fused-ring (bicyclic) bond motifs is 1. The number of carbonyl (C=O) groups is 1. The molecule has 3 aromatic rings. The SMILES string of the molecule is CCCN(CCC)S(=O)(=O)c1ccc(C(=O)Nc2nnc(-c3ccc4c(c3)CCCC4)o2)cc1. The number of benzene rings is 2. The molecule has 1 N–H and O–H groups in total. The lowest BCUT2D eigenvalue weighted by atomic mass is 9.90. The number of sulfonamides is 1. The fourth-order valence-corrected chi connectivity index (χ4v) is 5.83. The van der Waals surface area contributed by atoms with Crippen LogP contribution in [0, 0.1) is 0 Å². The van der Waals surface area contributed by atoms with Crippen LogP contribution in [0.15, 0.2) is 51.8 Å². The molecule has 8 nitrogen and oxygen atoms in total. The highest BCUT2D eigenvalue weighted by atomic mass is 32.2. The van der Waals surface area contributed by atoms with Crippen LogP contribution in [0.1, 0.15) is 61.0 Å². The summed E-state index contributed by atoms with van der Waals surface area (Å²) in [7, 11) is -3.60. The summed E-state index contributed by atoms with van der Waals surface area (Å²) in [5, 5.41) is 10.6. The van der Waals surface area contributed by atoms with Crippen molar-refractivity contribution < 1.29 is 17.6 Å². The molecular weight excluding hydrogens is 452 g/mol. The normalized spacial score (nSPS) is 13.6. The zero-order valence-corrected chi connectivity index (χ0v) is 20.4. The highest BCUT2D eigenvalue weighted by Crippen LogP contribution is 2.27. The zero-order valence-electron chi connectivity index (χ0n) is 19.6. The van der Waals surface area contributed by atoms with E-state index in [1.807, 2.05) is 19.9 Å². The lowest BCUT2D eigenvalue weighted by Crippen LogP contribution is -2.32. The van der Waals surface area contributed by atoms with E-state index in [1.54, 1.807) is 0 Å². The van der Waals surface area contributed by atoms with Gasteiger partial charge in [0.15, 0.2) is 0 Å². The Morgan fingerprint density at radius 3 is 2.32 bits per heavy atom. The number of aryl methyl sites for hydroxylation is 2. The Labute approximate surface area is 200 Å². The Hall–Kier alpha value is -3.04. The second kappa shape index (κ2) is 10.5. The minimum Gasteiger partial charge on any atom is -0.403 e. The molecule has 0 aliphatic heterocycles. The maximum atomic E-state index is 12.9. The van der Waals surface area contributed by atoms with Gasteiger partial charge in [0.25, 0.3) is 5.91 Å². The second-order valence-corrected chi connectivity index (χ2v) is 10.4. The molecule has 0 spiro atoms. The summed E-state index contributed by atoms with van der Waals surface area (Å²) in [5.41, 5.74) is 3.79. The molecule has 1 amide bonds. The number of nitrogens with one attached hydrogen (secondary N) is 1. The number of rotatable bonds is 9. The molecule has 0 atom stereocenters. The van der Waals surface area contributed by atoms with Crippen molar-refractivity contribution in [3.63, 3.8) is 0 Å². The first-order valence-corrected chi connectivity index (χ1v) is 13.2. The maximum Gasteiger partial charge on any atom is 0.322 e. The number of amides is 1. The predicted octanol–water partition coefficient (Wildman–Crippen LogP) is 4.68. The molecule has 4 rings (SSSR count). The standard InChI is InChI=1S/C25H30N4O4S/c1-3-15-29(16-4-2)34(31,32)22-13-11-19(12-14-22)23(30)26-25-28-27-24(33-25)21-10-9-18-7-5-6-8-20(18)17-21/h9-14,17H,3-8,15-16H2,1-2H3,(H,26,28,30). The quantitative estimate of drug-likeness (QED) is 0.475. The second-order valence-electron chi connectivity index (χ2n) is 8.49. The van der Waals surface area contributed by atoms with Crippen LogP contribution in [-0.4, -0.2) is 41.9 Å². The van der Waals surface area contributed by atoms with Crippen LogP contribution in [0.4, 0.5) is 6.01 Å². The largest absolute Gasteiger partial charge is 0.403 e. The van der Waals surface area contributed by atoms with E-state index in [1.165, 1.54) is 52.5 Å². The van der Waals surface area contributed by atoms with Gasteiger partial charge in [-0.25, -0.2) is 8.42 Å². The van der Waals surface area contributed by atoms with Gasteiger partial charge in [-0.1, -0.05) is 25.0 Å². The van der Waals surface area contributed by atoms with E-state index in [2.05, 4.69) is 27.6 Å². The Morgan fingerprint density at radius 2 is 1.65 bits per heavy atom. The Kier molecular flexibility index (Phi) is 7.43. The number of nitrogens with zero attached hydrogens (tertiary/aromatic N) is 3. The number of aromatic nitrogens is 2. The van der Waals surface area contributed by atoms with Crippen LogP contribution in [0.5, 0.6) is 0 Å². The summed E-state index contributed by atoms with van der Waals surface area (Å²) in [4.78, 5) is 12.8. The van der Waals surface area contributed by atoms with E-state index in [-0.39, 0.29) is 10.9 Å². The van der Waals surface area contributed by atoms with Crippen LogP contribution in [0.3, 0.4) is 0 Å². The summed E-state index contributed by atoms with van der Waals surface area (Å²) in [6, 6.07) is 12.0. The van der Waals surface area contributed by atoms with Crippen molar-refractivity contribution in [1.29, 1.82) is 0 Å². The van der Waals surface area contributed by atoms with Crippen molar-refractivity contribution in [1.82, 2.24) is 14.5 Å². The summed E-state index contributed by atoms with van der Waals surface area (Å²) >= 11 is 0. The minimum absolute atomic E-state index is 0.00788. The minimum atomic E-state index is -3.60. The van der Waals surface area contributed by atoms with Gasteiger partial charge >= 0.3 is 6.01 Å². The average Bonchev–Trinajstić information content (AvgIpc) is 3.32. The molecule has 0 saturated heterocycles. The van der Waals surface area contributed by atoms with Gasteiger partial charge < -0.3 is 4.42 Å². The summed E-state index contributed by atoms with van der Waals surface area (Å²) in [6.07, 6.45) is 5.99. The van der Waals surface area contributed by atoms with E-state index in [0.29, 0.717) is 24.5 Å². The van der Waals surface area contributed by atoms with Gasteiger partial charge in [0.05, 0.1) is 4.90 Å². The van der Waals surface area contributed by atoms with Gasteiger partial charge in [-0.3, -0.25) is 10.1 Å². The third-order valence-electron chi connectivity index (χ3n) is 5.94. The van der Waals surface area contributed by atoms with E-state index in [4.69, 9.17) is 4.42 Å². The molecule has 0 radical (unpaired) electrons. The molecule has 1 aliphatic carbocycles. The number of hydrogen-bond donors (Lipinski definition) is 1. The first-order chi connectivity index (χ1) is 16.4. The van der Waals surface area contributed by atoms with Crippen molar-refractivity contribution in [2.24, 2.45) is 0 Å². The van der Waals surface area contributed by atoms with Gasteiger partial charge in [-0.05, 0) is 86.1 Å². The smallest absolute Gasteiger partial charge is 0.322 e. The van der Waals surface area contributed by atoms with Crippen LogP contribution < -0.4 is 5.32 Å². The van der Waals surface area contributed by atoms with Gasteiger partial charge in [0.2, 0.25) is 15.9 Å². The Bertz CT molecular complexity index is 1250. The van der Waals surface area contributed by atoms with Gasteiger partial charge in [0.1, 0.15) is 0 Å². The highest BCUT2D eigenvalue weighted by Gasteiger charge is 2.23. The number of hydrogen-bond acceptors (Lipinski definition) is 6. The molecule has 9 heteroatoms. The molecule has 0 unspecified atom stereocenters. The molecule has 1 aliphatic rings. The van der Waals surface area contributed by atoms with Crippen LogP contribution >= 0.6 is 0 Å². The molecule has 1 heterocycles. The first-order valence-electron chi connectivity index (χ1n) is 11.8. The Balaban J connectivity index is 1.45. The maximum absolute atomic E-state index is 12.9. The number of carbonyl (C=O) groups excluding carboxylic acids is 1. The van der Waals surface area contributed by atoms with Crippen molar-refractivity contribution >= 4 is 21.9 Å². The average molecular weight is 483 g/mol.